The first-order valence-corrected chi connectivity index (χ1v) is 15.8. The molecule has 0 fully saturated rings. The molecule has 41 heavy (non-hydrogen) atoms. The molecular formula is C29H37N5O5S2. The first-order chi connectivity index (χ1) is 19.2. The van der Waals surface area contributed by atoms with Crippen molar-refractivity contribution in [2.75, 3.05) is 6.54 Å². The molecule has 0 saturated heterocycles. The first-order valence-electron chi connectivity index (χ1n) is 13.5. The summed E-state index contributed by atoms with van der Waals surface area (Å²) >= 11 is 1.54. The second kappa shape index (κ2) is 10.4. The third kappa shape index (κ3) is 5.12. The fraction of sp³-hybridized carbons (Fsp3) is 0.448. The Labute approximate surface area is 245 Å². The molecule has 0 saturated carbocycles. The maximum atomic E-state index is 12.6. The van der Waals surface area contributed by atoms with Gasteiger partial charge in [-0.1, -0.05) is 11.3 Å². The lowest BCUT2D eigenvalue weighted by atomic mass is 9.72. The van der Waals surface area contributed by atoms with Gasteiger partial charge in [0.2, 0.25) is 5.88 Å². The standard InChI is InChI=1S/C29H37N5O5S2/c1-8-34-21-12-11-20(17(2)25(21)31-32-34)24(29(6,7)27(35)36)22-14-19(18(3)40-22)15-33-16-28(4,5)39-26-23(41(33,37)38)10-9-13-30-26/h9-14,24,37-38H,8,15-16H2,1-7H3,(H,35,36)/t24-/m1/s1. The molecule has 0 spiro atoms. The van der Waals surface area contributed by atoms with Crippen LogP contribution in [0.3, 0.4) is 0 Å². The third-order valence-electron chi connectivity index (χ3n) is 7.86. The van der Waals surface area contributed by atoms with Gasteiger partial charge in [-0.2, -0.15) is 4.31 Å². The molecule has 0 bridgehead atoms. The monoisotopic (exact) mass is 599 g/mol. The quantitative estimate of drug-likeness (QED) is 0.219. The van der Waals surface area contributed by atoms with Crippen LogP contribution in [0.25, 0.3) is 11.0 Å². The summed E-state index contributed by atoms with van der Waals surface area (Å²) in [4.78, 5) is 19.0. The van der Waals surface area contributed by atoms with E-state index in [2.05, 4.69) is 15.3 Å². The Bertz CT molecular complexity index is 1630. The molecule has 4 aromatic rings. The minimum Gasteiger partial charge on any atom is -0.481 e. The largest absolute Gasteiger partial charge is 0.481 e. The number of carboxylic acids is 1. The minimum absolute atomic E-state index is 0.219. The van der Waals surface area contributed by atoms with Crippen molar-refractivity contribution in [3.63, 3.8) is 0 Å². The Hall–Kier alpha value is -3.03. The van der Waals surface area contributed by atoms with Crippen LogP contribution in [0.1, 0.15) is 67.0 Å². The number of carboxylic acid groups (broad SMARTS) is 1. The molecule has 220 valence electrons. The Kier molecular flexibility index (Phi) is 7.44. The first kappa shape index (κ1) is 29.5. The number of fused-ring (bicyclic) bond motifs is 2. The van der Waals surface area contributed by atoms with E-state index in [-0.39, 0.29) is 23.9 Å². The number of hydrogen-bond acceptors (Lipinski definition) is 9. The Morgan fingerprint density at radius 2 is 1.98 bits per heavy atom. The number of ether oxygens (including phenoxy) is 1. The molecule has 5 rings (SSSR count). The van der Waals surface area contributed by atoms with Gasteiger partial charge < -0.3 is 9.84 Å². The van der Waals surface area contributed by atoms with E-state index in [9.17, 15) is 19.0 Å². The zero-order valence-electron chi connectivity index (χ0n) is 24.4. The molecule has 1 atom stereocenters. The van der Waals surface area contributed by atoms with Crippen molar-refractivity contribution in [1.82, 2.24) is 24.3 Å². The van der Waals surface area contributed by atoms with Crippen LogP contribution in [0.4, 0.5) is 0 Å². The molecule has 1 aliphatic rings. The van der Waals surface area contributed by atoms with Gasteiger partial charge in [-0.15, -0.1) is 27.2 Å². The maximum absolute atomic E-state index is 12.6. The van der Waals surface area contributed by atoms with Crippen LogP contribution in [0.2, 0.25) is 0 Å². The number of carbonyl (C=O) groups is 1. The lowest BCUT2D eigenvalue weighted by molar-refractivity contribution is -0.147. The van der Waals surface area contributed by atoms with Crippen LogP contribution < -0.4 is 4.74 Å². The molecule has 0 aliphatic carbocycles. The molecule has 1 aliphatic heterocycles. The van der Waals surface area contributed by atoms with Gasteiger partial charge in [-0.3, -0.25) is 13.9 Å². The SMILES string of the molecule is CCn1nnc2c(C)c([C@H](c3cc(CN4CC(C)(C)Oc5ncccc5S4(O)O)c(C)s3)C(C)(C)C(=O)O)ccc21. The summed E-state index contributed by atoms with van der Waals surface area (Å²) < 4.78 is 32.5. The normalized spacial score (nSPS) is 18.4. The van der Waals surface area contributed by atoms with Crippen molar-refractivity contribution in [3.05, 3.63) is 63.0 Å². The van der Waals surface area contributed by atoms with Crippen molar-refractivity contribution >= 4 is 39.1 Å². The lowest BCUT2D eigenvalue weighted by Gasteiger charge is -2.42. The molecule has 4 heterocycles. The van der Waals surface area contributed by atoms with E-state index in [0.29, 0.717) is 6.54 Å². The summed E-state index contributed by atoms with van der Waals surface area (Å²) in [5, 5.41) is 19.0. The van der Waals surface area contributed by atoms with Crippen molar-refractivity contribution in [2.45, 2.75) is 78.0 Å². The molecule has 10 nitrogen and oxygen atoms in total. The molecule has 12 heteroatoms. The number of rotatable bonds is 7. The second-order valence-electron chi connectivity index (χ2n) is 11.7. The van der Waals surface area contributed by atoms with Crippen molar-refractivity contribution in [3.8, 4) is 5.88 Å². The van der Waals surface area contributed by atoms with Crippen LogP contribution in [-0.2, 0) is 17.9 Å². The van der Waals surface area contributed by atoms with Gasteiger partial charge in [-0.05, 0) is 89.4 Å². The molecule has 3 aromatic heterocycles. The molecule has 1 aromatic carbocycles. The molecule has 0 amide bonds. The van der Waals surface area contributed by atoms with E-state index in [1.807, 2.05) is 57.5 Å². The van der Waals surface area contributed by atoms with E-state index >= 15 is 0 Å². The van der Waals surface area contributed by atoms with Crippen LogP contribution in [0.15, 0.2) is 41.4 Å². The van der Waals surface area contributed by atoms with Crippen molar-refractivity contribution in [1.29, 1.82) is 0 Å². The summed E-state index contributed by atoms with van der Waals surface area (Å²) in [5.41, 5.74) is 2.49. The zero-order chi connectivity index (χ0) is 29.9. The van der Waals surface area contributed by atoms with Gasteiger partial charge >= 0.3 is 5.97 Å². The van der Waals surface area contributed by atoms with Crippen LogP contribution in [-0.4, -0.2) is 56.6 Å². The number of aryl methyl sites for hydroxylation is 3. The zero-order valence-corrected chi connectivity index (χ0v) is 26.0. The molecule has 3 N–H and O–H groups in total. The number of nitrogens with zero attached hydrogens (tertiary/aromatic N) is 5. The number of hydrogen-bond donors (Lipinski definition) is 3. The molecular weight excluding hydrogens is 562 g/mol. The highest BCUT2D eigenvalue weighted by molar-refractivity contribution is 8.22. The van der Waals surface area contributed by atoms with E-state index in [1.165, 1.54) is 11.3 Å². The predicted octanol–water partition coefficient (Wildman–Crippen LogP) is 6.46. The van der Waals surface area contributed by atoms with Crippen molar-refractivity contribution in [2.24, 2.45) is 5.41 Å². The van der Waals surface area contributed by atoms with Gasteiger partial charge in [0.1, 0.15) is 16.0 Å². The lowest BCUT2D eigenvalue weighted by Crippen LogP contribution is -2.41. The third-order valence-corrected chi connectivity index (χ3v) is 10.9. The highest BCUT2D eigenvalue weighted by atomic mass is 32.3. The molecule has 0 radical (unpaired) electrons. The number of pyridine rings is 1. The van der Waals surface area contributed by atoms with Gasteiger partial charge in [-0.25, -0.2) is 9.67 Å². The second-order valence-corrected chi connectivity index (χ2v) is 15.0. The van der Waals surface area contributed by atoms with Crippen LogP contribution in [0.5, 0.6) is 5.88 Å². The maximum Gasteiger partial charge on any atom is 0.310 e. The Morgan fingerprint density at radius 3 is 2.66 bits per heavy atom. The van der Waals surface area contributed by atoms with Gasteiger partial charge in [0.15, 0.2) is 0 Å². The highest BCUT2D eigenvalue weighted by Crippen LogP contribution is 2.58. The number of benzene rings is 1. The predicted molar refractivity (Wildman–Crippen MR) is 161 cm³/mol. The fourth-order valence-corrected chi connectivity index (χ4v) is 8.57. The summed E-state index contributed by atoms with van der Waals surface area (Å²) in [6, 6.07) is 9.27. The Balaban J connectivity index is 1.59. The summed E-state index contributed by atoms with van der Waals surface area (Å²) in [6.45, 7) is 14.4. The van der Waals surface area contributed by atoms with Crippen LogP contribution in [0, 0.1) is 19.3 Å². The average Bonchev–Trinajstić information content (AvgIpc) is 3.46. The summed E-state index contributed by atoms with van der Waals surface area (Å²) in [5.74, 6) is -1.16. The van der Waals surface area contributed by atoms with E-state index < -0.39 is 33.7 Å². The van der Waals surface area contributed by atoms with Gasteiger partial charge in [0.05, 0.1) is 17.5 Å². The number of aromatic nitrogens is 4. The smallest absolute Gasteiger partial charge is 0.310 e. The minimum atomic E-state index is -3.40. The van der Waals surface area contributed by atoms with Crippen LogP contribution >= 0.6 is 22.1 Å². The Morgan fingerprint density at radius 1 is 1.24 bits per heavy atom. The number of thiophene rings is 1. The summed E-state index contributed by atoms with van der Waals surface area (Å²) in [7, 11) is -3.40. The molecule has 0 unspecified atom stereocenters. The summed E-state index contributed by atoms with van der Waals surface area (Å²) in [6.07, 6.45) is 1.57. The van der Waals surface area contributed by atoms with Gasteiger partial charge in [0, 0.05) is 35.0 Å². The topological polar surface area (TPSA) is 134 Å². The average molecular weight is 600 g/mol. The number of aliphatic carboxylic acids is 1. The fourth-order valence-electron chi connectivity index (χ4n) is 5.54. The van der Waals surface area contributed by atoms with E-state index in [4.69, 9.17) is 4.74 Å². The highest BCUT2D eigenvalue weighted by Gasteiger charge is 2.43. The van der Waals surface area contributed by atoms with Gasteiger partial charge in [0.25, 0.3) is 0 Å². The van der Waals surface area contributed by atoms with E-state index in [1.54, 1.807) is 36.5 Å². The van der Waals surface area contributed by atoms with E-state index in [0.717, 1.165) is 37.5 Å². The van der Waals surface area contributed by atoms with Crippen molar-refractivity contribution < 1.29 is 23.7 Å².